The van der Waals surface area contributed by atoms with Gasteiger partial charge in [0, 0.05) is 6.42 Å². The summed E-state index contributed by atoms with van der Waals surface area (Å²) >= 11 is 5.50. The number of hydrogen-bond donors (Lipinski definition) is 3. The van der Waals surface area contributed by atoms with Gasteiger partial charge in [-0.2, -0.15) is 0 Å². The van der Waals surface area contributed by atoms with Gasteiger partial charge in [0.2, 0.25) is 6.29 Å². The number of aliphatic hydroxyl groups is 2. The maximum atomic E-state index is 11.1. The van der Waals surface area contributed by atoms with Crippen molar-refractivity contribution in [3.05, 3.63) is 0 Å². The minimum Gasteiger partial charge on any atom is -0.390 e. The topological polar surface area (TPSA) is 88.0 Å². The van der Waals surface area contributed by atoms with E-state index in [4.69, 9.17) is 21.2 Å². The van der Waals surface area contributed by atoms with Crippen molar-refractivity contribution >= 4 is 17.5 Å². The third-order valence-corrected chi connectivity index (χ3v) is 2.52. The van der Waals surface area contributed by atoms with Gasteiger partial charge >= 0.3 is 0 Å². The van der Waals surface area contributed by atoms with Crippen LogP contribution >= 0.6 is 11.6 Å². The molecule has 0 aromatic carbocycles. The van der Waals surface area contributed by atoms with Crippen LogP contribution in [0.15, 0.2) is 0 Å². The van der Waals surface area contributed by atoms with Crippen molar-refractivity contribution in [2.45, 2.75) is 50.2 Å². The van der Waals surface area contributed by atoms with Crippen LogP contribution in [0.1, 0.15) is 20.3 Å². The predicted octanol–water partition coefficient (Wildman–Crippen LogP) is -0.482. The van der Waals surface area contributed by atoms with E-state index < -0.39 is 35.9 Å². The van der Waals surface area contributed by atoms with E-state index in [0.29, 0.717) is 0 Å². The number of rotatable bonds is 3. The second-order valence-corrected chi connectivity index (χ2v) is 4.43. The van der Waals surface area contributed by atoms with Gasteiger partial charge in [0.1, 0.15) is 11.5 Å². The number of aliphatic hydroxyl groups excluding tert-OH is 2. The quantitative estimate of drug-likeness (QED) is 0.467. The molecule has 1 rings (SSSR count). The van der Waals surface area contributed by atoms with Crippen LogP contribution in [0.3, 0.4) is 0 Å². The standard InChI is InChI=1S/C9H16ClNO5/c1-4(10)8(14)11-16-9-7(13)3-6(12)5(2)15-9/h4-7,9,12-13H,3H2,1-2H3,(H,11,14)/t4?,5-,6+,7+,9-/m1/s1. The Bertz CT molecular complexity index is 250. The number of hydroxylamine groups is 1. The molecule has 1 saturated heterocycles. The van der Waals surface area contributed by atoms with E-state index in [2.05, 4.69) is 5.48 Å². The SMILES string of the molecule is CC(Cl)C(=O)NO[C@H]1O[C@H](C)[C@@H](O)C[C@@H]1O. The number of halogens is 1. The monoisotopic (exact) mass is 253 g/mol. The largest absolute Gasteiger partial charge is 0.390 e. The molecule has 0 bridgehead atoms. The Hall–Kier alpha value is -0.400. The van der Waals surface area contributed by atoms with Gasteiger partial charge in [-0.3, -0.25) is 4.79 Å². The predicted molar refractivity (Wildman–Crippen MR) is 55.5 cm³/mol. The first kappa shape index (κ1) is 13.7. The Balaban J connectivity index is 2.39. The number of ether oxygens (including phenoxy) is 1. The van der Waals surface area contributed by atoms with E-state index in [-0.39, 0.29) is 6.42 Å². The molecule has 0 saturated carbocycles. The Kier molecular flexibility index (Phi) is 4.94. The van der Waals surface area contributed by atoms with E-state index in [1.54, 1.807) is 6.92 Å². The van der Waals surface area contributed by atoms with Crippen molar-refractivity contribution < 1.29 is 24.6 Å². The summed E-state index contributed by atoms with van der Waals surface area (Å²) in [6.07, 6.45) is -3.04. The molecule has 1 amide bonds. The lowest BCUT2D eigenvalue weighted by Crippen LogP contribution is -2.50. The lowest BCUT2D eigenvalue weighted by Gasteiger charge is -2.34. The zero-order valence-electron chi connectivity index (χ0n) is 9.09. The fraction of sp³-hybridized carbons (Fsp3) is 0.889. The normalized spacial score (nSPS) is 36.8. The van der Waals surface area contributed by atoms with Gasteiger partial charge in [-0.15, -0.1) is 11.6 Å². The average molecular weight is 254 g/mol. The zero-order chi connectivity index (χ0) is 12.3. The third kappa shape index (κ3) is 3.57. The van der Waals surface area contributed by atoms with Crippen LogP contribution in [-0.4, -0.2) is 46.1 Å². The molecule has 1 aliphatic rings. The van der Waals surface area contributed by atoms with Crippen LogP contribution in [-0.2, 0) is 14.4 Å². The highest BCUT2D eigenvalue weighted by Crippen LogP contribution is 2.20. The van der Waals surface area contributed by atoms with Crippen molar-refractivity contribution in [1.82, 2.24) is 5.48 Å². The van der Waals surface area contributed by atoms with E-state index in [0.717, 1.165) is 0 Å². The van der Waals surface area contributed by atoms with Crippen LogP contribution < -0.4 is 5.48 Å². The molecule has 16 heavy (non-hydrogen) atoms. The van der Waals surface area contributed by atoms with Crippen LogP contribution in [0.4, 0.5) is 0 Å². The molecule has 0 radical (unpaired) electrons. The third-order valence-electron chi connectivity index (χ3n) is 2.32. The fourth-order valence-electron chi connectivity index (χ4n) is 1.25. The first-order valence-electron chi connectivity index (χ1n) is 5.03. The summed E-state index contributed by atoms with van der Waals surface area (Å²) in [7, 11) is 0. The lowest BCUT2D eigenvalue weighted by atomic mass is 10.0. The van der Waals surface area contributed by atoms with Gasteiger partial charge < -0.3 is 14.9 Å². The van der Waals surface area contributed by atoms with Crippen molar-refractivity contribution in [2.24, 2.45) is 0 Å². The number of amides is 1. The molecule has 1 unspecified atom stereocenters. The molecule has 0 spiro atoms. The molecule has 1 heterocycles. The van der Waals surface area contributed by atoms with E-state index in [1.807, 2.05) is 0 Å². The van der Waals surface area contributed by atoms with Gasteiger partial charge in [-0.1, -0.05) is 0 Å². The van der Waals surface area contributed by atoms with Crippen molar-refractivity contribution in [3.63, 3.8) is 0 Å². The molecule has 7 heteroatoms. The molecule has 0 aromatic heterocycles. The van der Waals surface area contributed by atoms with Gasteiger partial charge in [-0.25, -0.2) is 10.3 Å². The smallest absolute Gasteiger partial charge is 0.261 e. The number of alkyl halides is 1. The second-order valence-electron chi connectivity index (χ2n) is 3.78. The fourth-order valence-corrected chi connectivity index (χ4v) is 1.29. The van der Waals surface area contributed by atoms with Crippen LogP contribution in [0, 0.1) is 0 Å². The first-order chi connectivity index (χ1) is 7.41. The summed E-state index contributed by atoms with van der Waals surface area (Å²) in [4.78, 5) is 16.0. The average Bonchev–Trinajstić information content (AvgIpc) is 2.20. The molecular formula is C9H16ClNO5. The first-order valence-corrected chi connectivity index (χ1v) is 5.46. The second kappa shape index (κ2) is 5.79. The molecule has 5 atom stereocenters. The number of carbonyl (C=O) groups is 1. The summed E-state index contributed by atoms with van der Waals surface area (Å²) in [5.74, 6) is -0.517. The zero-order valence-corrected chi connectivity index (χ0v) is 9.85. The van der Waals surface area contributed by atoms with Crippen LogP contribution in [0.2, 0.25) is 0 Å². The van der Waals surface area contributed by atoms with Crippen molar-refractivity contribution in [3.8, 4) is 0 Å². The number of carbonyl (C=O) groups excluding carboxylic acids is 1. The van der Waals surface area contributed by atoms with E-state index >= 15 is 0 Å². The molecule has 6 nitrogen and oxygen atoms in total. The van der Waals surface area contributed by atoms with Crippen molar-refractivity contribution in [1.29, 1.82) is 0 Å². The molecule has 0 aliphatic carbocycles. The minimum absolute atomic E-state index is 0.137. The Morgan fingerprint density at radius 1 is 1.56 bits per heavy atom. The summed E-state index contributed by atoms with van der Waals surface area (Å²) in [6, 6.07) is 0. The van der Waals surface area contributed by atoms with Gasteiger partial charge in [0.05, 0.1) is 12.2 Å². The summed E-state index contributed by atoms with van der Waals surface area (Å²) in [5.41, 5.74) is 2.08. The van der Waals surface area contributed by atoms with Crippen LogP contribution in [0.25, 0.3) is 0 Å². The maximum Gasteiger partial charge on any atom is 0.261 e. The highest BCUT2D eigenvalue weighted by Gasteiger charge is 2.35. The summed E-state index contributed by atoms with van der Waals surface area (Å²) in [6.45, 7) is 3.14. The molecule has 0 aromatic rings. The minimum atomic E-state index is -0.989. The molecule has 94 valence electrons. The Morgan fingerprint density at radius 3 is 2.75 bits per heavy atom. The molecular weight excluding hydrogens is 238 g/mol. The highest BCUT2D eigenvalue weighted by molar-refractivity contribution is 6.30. The van der Waals surface area contributed by atoms with Crippen molar-refractivity contribution in [2.75, 3.05) is 0 Å². The van der Waals surface area contributed by atoms with E-state index in [1.165, 1.54) is 6.92 Å². The number of nitrogens with one attached hydrogen (secondary N) is 1. The summed E-state index contributed by atoms with van der Waals surface area (Å²) in [5, 5.41) is 18.2. The van der Waals surface area contributed by atoms with Gasteiger partial charge in [0.25, 0.3) is 5.91 Å². The molecule has 1 aliphatic heterocycles. The lowest BCUT2D eigenvalue weighted by molar-refractivity contribution is -0.277. The Morgan fingerprint density at radius 2 is 2.19 bits per heavy atom. The van der Waals surface area contributed by atoms with Gasteiger partial charge in [-0.05, 0) is 13.8 Å². The summed E-state index contributed by atoms with van der Waals surface area (Å²) < 4.78 is 5.16. The van der Waals surface area contributed by atoms with Gasteiger partial charge in [0.15, 0.2) is 0 Å². The van der Waals surface area contributed by atoms with E-state index in [9.17, 15) is 15.0 Å². The Labute approximate surface area is 98.4 Å². The van der Waals surface area contributed by atoms with Crippen LogP contribution in [0.5, 0.6) is 0 Å². The number of hydrogen-bond acceptors (Lipinski definition) is 5. The highest BCUT2D eigenvalue weighted by atomic mass is 35.5. The molecule has 1 fully saturated rings. The maximum absolute atomic E-state index is 11.1. The molecule has 3 N–H and O–H groups in total.